The molecule has 0 spiro atoms. The molecule has 1 aromatic heterocycles. The third kappa shape index (κ3) is 2.15. The van der Waals surface area contributed by atoms with E-state index in [0.717, 1.165) is 0 Å². The van der Waals surface area contributed by atoms with E-state index in [1.807, 2.05) is 0 Å². The van der Waals surface area contributed by atoms with Crippen LogP contribution < -0.4 is 4.74 Å². The summed E-state index contributed by atoms with van der Waals surface area (Å²) < 4.78 is 18.2. The number of aromatic nitrogens is 1. The number of hydrogen-bond donors (Lipinski definition) is 0. The van der Waals surface area contributed by atoms with E-state index >= 15 is 0 Å². The molecule has 0 saturated carbocycles. The van der Waals surface area contributed by atoms with Crippen LogP contribution in [0.1, 0.15) is 19.5 Å². The molecule has 0 saturated heterocycles. The van der Waals surface area contributed by atoms with Crippen molar-refractivity contribution in [2.75, 3.05) is 0 Å². The van der Waals surface area contributed by atoms with Crippen LogP contribution in [0.3, 0.4) is 0 Å². The molecular weight excluding hydrogens is 171 g/mol. The summed E-state index contributed by atoms with van der Waals surface area (Å²) >= 11 is 0. The summed E-state index contributed by atoms with van der Waals surface area (Å²) in [6.07, 6.45) is 1.06. The summed E-state index contributed by atoms with van der Waals surface area (Å²) in [7, 11) is 0. The van der Waals surface area contributed by atoms with Gasteiger partial charge in [0.1, 0.15) is 6.07 Å². The third-order valence-corrected chi connectivity index (χ3v) is 1.32. The molecule has 0 fully saturated rings. The minimum atomic E-state index is -0.555. The second kappa shape index (κ2) is 3.85. The molecule has 13 heavy (non-hydrogen) atoms. The summed E-state index contributed by atoms with van der Waals surface area (Å²) in [6, 6.07) is 2.93. The number of halogens is 1. The molecule has 1 rings (SSSR count). The lowest BCUT2D eigenvalue weighted by Gasteiger charge is -2.10. The first kappa shape index (κ1) is 9.46. The van der Waals surface area contributed by atoms with Crippen molar-refractivity contribution < 1.29 is 9.13 Å². The number of nitriles is 1. The first-order chi connectivity index (χ1) is 6.15. The zero-order valence-corrected chi connectivity index (χ0v) is 7.41. The van der Waals surface area contributed by atoms with Gasteiger partial charge in [0.05, 0.1) is 6.10 Å². The number of pyridine rings is 1. The number of ether oxygens (including phenoxy) is 1. The van der Waals surface area contributed by atoms with E-state index in [2.05, 4.69) is 4.98 Å². The van der Waals surface area contributed by atoms with Crippen LogP contribution in [0.25, 0.3) is 0 Å². The average molecular weight is 180 g/mol. The lowest BCUT2D eigenvalue weighted by molar-refractivity contribution is 0.229. The topological polar surface area (TPSA) is 45.9 Å². The molecule has 0 radical (unpaired) electrons. The number of nitrogens with zero attached hydrogens (tertiary/aromatic N) is 2. The molecular formula is C9H9FN2O. The molecule has 0 unspecified atom stereocenters. The zero-order chi connectivity index (χ0) is 9.84. The predicted octanol–water partition coefficient (Wildman–Crippen LogP) is 1.88. The molecule has 0 aliphatic rings. The Hall–Kier alpha value is -1.63. The first-order valence-corrected chi connectivity index (χ1v) is 3.86. The summed E-state index contributed by atoms with van der Waals surface area (Å²) in [5.41, 5.74) is -0.0197. The molecule has 0 bridgehead atoms. The Morgan fingerprint density at radius 1 is 1.62 bits per heavy atom. The Labute approximate surface area is 75.8 Å². The van der Waals surface area contributed by atoms with Crippen LogP contribution >= 0.6 is 0 Å². The largest absolute Gasteiger partial charge is 0.485 e. The van der Waals surface area contributed by atoms with Gasteiger partial charge in [0.15, 0.2) is 17.3 Å². The lowest BCUT2D eigenvalue weighted by Crippen LogP contribution is -2.09. The smallest absolute Gasteiger partial charge is 0.191 e. The van der Waals surface area contributed by atoms with Crippen LogP contribution in [0.5, 0.6) is 5.75 Å². The summed E-state index contributed by atoms with van der Waals surface area (Å²) in [6.45, 7) is 3.52. The van der Waals surface area contributed by atoms with Gasteiger partial charge in [-0.3, -0.25) is 0 Å². The van der Waals surface area contributed by atoms with Gasteiger partial charge in [0.25, 0.3) is 0 Å². The zero-order valence-electron chi connectivity index (χ0n) is 7.41. The fraction of sp³-hybridized carbons (Fsp3) is 0.333. The molecule has 3 nitrogen and oxygen atoms in total. The quantitative estimate of drug-likeness (QED) is 0.698. The molecule has 1 aromatic rings. The first-order valence-electron chi connectivity index (χ1n) is 3.86. The third-order valence-electron chi connectivity index (χ3n) is 1.32. The van der Waals surface area contributed by atoms with Gasteiger partial charge in [0.2, 0.25) is 0 Å². The molecule has 0 atom stereocenters. The summed E-state index contributed by atoms with van der Waals surface area (Å²) in [4.78, 5) is 3.68. The highest BCUT2D eigenvalue weighted by atomic mass is 19.1. The average Bonchev–Trinajstić information content (AvgIpc) is 2.08. The van der Waals surface area contributed by atoms with Crippen LogP contribution in [0, 0.1) is 17.1 Å². The maximum atomic E-state index is 13.1. The maximum Gasteiger partial charge on any atom is 0.191 e. The second-order valence-corrected chi connectivity index (χ2v) is 2.75. The SMILES string of the molecule is CC(C)Oc1c(F)ccnc1C#N. The van der Waals surface area contributed by atoms with E-state index < -0.39 is 5.82 Å². The van der Waals surface area contributed by atoms with Gasteiger partial charge in [-0.25, -0.2) is 9.37 Å². The van der Waals surface area contributed by atoms with Crippen molar-refractivity contribution in [3.63, 3.8) is 0 Å². The van der Waals surface area contributed by atoms with Gasteiger partial charge >= 0.3 is 0 Å². The highest BCUT2D eigenvalue weighted by Gasteiger charge is 2.11. The van der Waals surface area contributed by atoms with E-state index in [-0.39, 0.29) is 17.5 Å². The molecule has 0 aromatic carbocycles. The molecule has 68 valence electrons. The van der Waals surface area contributed by atoms with Crippen LogP contribution in [0.4, 0.5) is 4.39 Å². The van der Waals surface area contributed by atoms with Crippen molar-refractivity contribution in [3.05, 3.63) is 23.8 Å². The monoisotopic (exact) mass is 180 g/mol. The Bertz CT molecular complexity index is 344. The van der Waals surface area contributed by atoms with Crippen LogP contribution in [-0.2, 0) is 0 Å². The van der Waals surface area contributed by atoms with Gasteiger partial charge in [-0.1, -0.05) is 0 Å². The Morgan fingerprint density at radius 3 is 2.85 bits per heavy atom. The summed E-state index contributed by atoms with van der Waals surface area (Å²) in [5, 5.41) is 8.60. The maximum absolute atomic E-state index is 13.1. The van der Waals surface area contributed by atoms with Crippen molar-refractivity contribution in [2.24, 2.45) is 0 Å². The van der Waals surface area contributed by atoms with E-state index in [1.54, 1.807) is 19.9 Å². The fourth-order valence-electron chi connectivity index (χ4n) is 0.852. The van der Waals surface area contributed by atoms with Crippen LogP contribution in [0.2, 0.25) is 0 Å². The minimum absolute atomic E-state index is 0.0197. The number of hydrogen-bond acceptors (Lipinski definition) is 3. The van der Waals surface area contributed by atoms with Gasteiger partial charge < -0.3 is 4.74 Å². The van der Waals surface area contributed by atoms with Crippen molar-refractivity contribution >= 4 is 0 Å². The van der Waals surface area contributed by atoms with E-state index in [9.17, 15) is 4.39 Å². The fourth-order valence-corrected chi connectivity index (χ4v) is 0.852. The van der Waals surface area contributed by atoms with Crippen molar-refractivity contribution in [1.82, 2.24) is 4.98 Å². The van der Waals surface area contributed by atoms with Crippen molar-refractivity contribution in [3.8, 4) is 11.8 Å². The standard InChI is InChI=1S/C9H9FN2O/c1-6(2)13-9-7(10)3-4-12-8(9)5-11/h3-4,6H,1-2H3. The highest BCUT2D eigenvalue weighted by molar-refractivity contribution is 5.37. The molecule has 0 amide bonds. The van der Waals surface area contributed by atoms with Crippen molar-refractivity contribution in [2.45, 2.75) is 20.0 Å². The molecule has 0 N–H and O–H groups in total. The molecule has 0 aliphatic heterocycles. The Balaban J connectivity index is 3.10. The van der Waals surface area contributed by atoms with Gasteiger partial charge in [-0.05, 0) is 19.9 Å². The summed E-state index contributed by atoms with van der Waals surface area (Å²) in [5.74, 6) is -0.625. The van der Waals surface area contributed by atoms with Gasteiger partial charge in [-0.2, -0.15) is 5.26 Å². The normalized spacial score (nSPS) is 9.77. The second-order valence-electron chi connectivity index (χ2n) is 2.75. The van der Waals surface area contributed by atoms with E-state index in [4.69, 9.17) is 10.00 Å². The molecule has 1 heterocycles. The minimum Gasteiger partial charge on any atom is -0.485 e. The predicted molar refractivity (Wildman–Crippen MR) is 44.7 cm³/mol. The van der Waals surface area contributed by atoms with E-state index in [1.165, 1.54) is 12.3 Å². The van der Waals surface area contributed by atoms with E-state index in [0.29, 0.717) is 0 Å². The van der Waals surface area contributed by atoms with Crippen molar-refractivity contribution in [1.29, 1.82) is 5.26 Å². The number of rotatable bonds is 2. The lowest BCUT2D eigenvalue weighted by atomic mass is 10.3. The Morgan fingerprint density at radius 2 is 2.31 bits per heavy atom. The molecule has 0 aliphatic carbocycles. The molecule has 4 heteroatoms. The Kier molecular flexibility index (Phi) is 2.80. The van der Waals surface area contributed by atoms with Gasteiger partial charge in [0, 0.05) is 6.20 Å². The van der Waals surface area contributed by atoms with Crippen LogP contribution in [0.15, 0.2) is 12.3 Å². The van der Waals surface area contributed by atoms with Crippen LogP contribution in [-0.4, -0.2) is 11.1 Å². The van der Waals surface area contributed by atoms with Gasteiger partial charge in [-0.15, -0.1) is 0 Å². The highest BCUT2D eigenvalue weighted by Crippen LogP contribution is 2.20.